The molecule has 2 fully saturated rings. The number of halogens is 1. The molecule has 3 aromatic rings. The number of hydrogen-bond donors (Lipinski definition) is 0. The molecule has 0 saturated carbocycles. The number of hydrogen-bond acceptors (Lipinski definition) is 7. The third kappa shape index (κ3) is 5.86. The fourth-order valence-electron chi connectivity index (χ4n) is 4.59. The Kier molecular flexibility index (Phi) is 7.06. The van der Waals surface area contributed by atoms with E-state index in [0.717, 1.165) is 50.5 Å². The third-order valence-electron chi connectivity index (χ3n) is 6.78. The molecular formula is C26H31FN6O2. The molecule has 9 heteroatoms. The summed E-state index contributed by atoms with van der Waals surface area (Å²) in [5, 5.41) is 4.12. The van der Waals surface area contributed by atoms with E-state index in [1.807, 2.05) is 29.2 Å². The van der Waals surface area contributed by atoms with E-state index < -0.39 is 0 Å². The standard InChI is InChI=1S/C26H31FN6O2/c1-20-2-4-21(5-3-20)26-28-24(35-29-26)18-30-10-12-31(13-11-30)19-25(34)33-16-14-32(15-17-33)23-8-6-22(27)7-9-23/h2-9H,10-19H2,1H3. The van der Waals surface area contributed by atoms with Gasteiger partial charge >= 0.3 is 0 Å². The second-order valence-electron chi connectivity index (χ2n) is 9.27. The summed E-state index contributed by atoms with van der Waals surface area (Å²) in [5.74, 6) is 1.18. The van der Waals surface area contributed by atoms with Gasteiger partial charge in [-0.05, 0) is 31.2 Å². The van der Waals surface area contributed by atoms with Crippen molar-refractivity contribution in [1.29, 1.82) is 0 Å². The van der Waals surface area contributed by atoms with E-state index in [9.17, 15) is 9.18 Å². The zero-order chi connectivity index (χ0) is 24.2. The predicted molar refractivity (Wildman–Crippen MR) is 131 cm³/mol. The summed E-state index contributed by atoms with van der Waals surface area (Å²) in [6.07, 6.45) is 0. The van der Waals surface area contributed by atoms with Crippen molar-refractivity contribution in [3.8, 4) is 11.4 Å². The lowest BCUT2D eigenvalue weighted by Crippen LogP contribution is -2.53. The van der Waals surface area contributed by atoms with Gasteiger partial charge in [0.05, 0.1) is 13.1 Å². The summed E-state index contributed by atoms with van der Waals surface area (Å²) >= 11 is 0. The first-order valence-corrected chi connectivity index (χ1v) is 12.2. The average Bonchev–Trinajstić information content (AvgIpc) is 3.35. The molecule has 5 rings (SSSR count). The maximum Gasteiger partial charge on any atom is 0.241 e. The summed E-state index contributed by atoms with van der Waals surface area (Å²) in [4.78, 5) is 26.0. The van der Waals surface area contributed by atoms with Crippen molar-refractivity contribution in [2.24, 2.45) is 0 Å². The zero-order valence-corrected chi connectivity index (χ0v) is 20.1. The van der Waals surface area contributed by atoms with Gasteiger partial charge in [0, 0.05) is 63.6 Å². The van der Waals surface area contributed by atoms with Gasteiger partial charge in [0.2, 0.25) is 17.6 Å². The fraction of sp³-hybridized carbons (Fsp3) is 0.423. The van der Waals surface area contributed by atoms with E-state index in [1.165, 1.54) is 17.7 Å². The molecule has 0 spiro atoms. The Bertz CT molecular complexity index is 1120. The predicted octanol–water partition coefficient (Wildman–Crippen LogP) is 2.65. The van der Waals surface area contributed by atoms with Gasteiger partial charge in [0.25, 0.3) is 0 Å². The minimum atomic E-state index is -0.230. The first-order chi connectivity index (χ1) is 17.0. The van der Waals surface area contributed by atoms with Crippen LogP contribution in [0.1, 0.15) is 11.5 Å². The van der Waals surface area contributed by atoms with Crippen molar-refractivity contribution >= 4 is 11.6 Å². The maximum atomic E-state index is 13.2. The van der Waals surface area contributed by atoms with Crippen LogP contribution >= 0.6 is 0 Å². The molecule has 0 unspecified atom stereocenters. The van der Waals surface area contributed by atoms with Gasteiger partial charge in [-0.25, -0.2) is 4.39 Å². The summed E-state index contributed by atoms with van der Waals surface area (Å²) in [5.41, 5.74) is 3.15. The van der Waals surface area contributed by atoms with Gasteiger partial charge in [0.15, 0.2) is 0 Å². The van der Waals surface area contributed by atoms with Crippen LogP contribution in [0.15, 0.2) is 53.1 Å². The highest BCUT2D eigenvalue weighted by Gasteiger charge is 2.25. The molecule has 1 aromatic heterocycles. The van der Waals surface area contributed by atoms with Gasteiger partial charge in [-0.1, -0.05) is 35.0 Å². The molecule has 1 amide bonds. The number of amides is 1. The van der Waals surface area contributed by atoms with Crippen LogP contribution in [-0.2, 0) is 11.3 Å². The van der Waals surface area contributed by atoms with E-state index in [4.69, 9.17) is 4.52 Å². The summed E-state index contributed by atoms with van der Waals surface area (Å²) < 4.78 is 18.6. The van der Waals surface area contributed by atoms with Crippen LogP contribution in [0.5, 0.6) is 0 Å². The molecule has 2 aliphatic heterocycles. The molecule has 0 aliphatic carbocycles. The van der Waals surface area contributed by atoms with Crippen LogP contribution in [0.4, 0.5) is 10.1 Å². The van der Waals surface area contributed by atoms with Crippen LogP contribution < -0.4 is 4.90 Å². The molecule has 0 atom stereocenters. The monoisotopic (exact) mass is 478 g/mol. The Morgan fingerprint density at radius 2 is 1.54 bits per heavy atom. The number of rotatable bonds is 6. The van der Waals surface area contributed by atoms with Crippen LogP contribution in [0.2, 0.25) is 0 Å². The van der Waals surface area contributed by atoms with Gasteiger partial charge in [-0.15, -0.1) is 0 Å². The third-order valence-corrected chi connectivity index (χ3v) is 6.78. The van der Waals surface area contributed by atoms with Crippen molar-refractivity contribution in [1.82, 2.24) is 24.8 Å². The first-order valence-electron chi connectivity index (χ1n) is 12.2. The Balaban J connectivity index is 1.05. The molecule has 184 valence electrons. The molecule has 8 nitrogen and oxygen atoms in total. The second kappa shape index (κ2) is 10.5. The molecule has 3 heterocycles. The molecule has 2 aromatic carbocycles. The van der Waals surface area contributed by atoms with E-state index in [2.05, 4.69) is 31.8 Å². The fourth-order valence-corrected chi connectivity index (χ4v) is 4.59. The number of aromatic nitrogens is 2. The summed E-state index contributed by atoms with van der Waals surface area (Å²) in [6.45, 7) is 9.40. The number of carbonyl (C=O) groups is 1. The van der Waals surface area contributed by atoms with Crippen molar-refractivity contribution in [2.45, 2.75) is 13.5 Å². The van der Waals surface area contributed by atoms with Gasteiger partial charge < -0.3 is 14.3 Å². The highest BCUT2D eigenvalue weighted by molar-refractivity contribution is 5.78. The van der Waals surface area contributed by atoms with E-state index >= 15 is 0 Å². The van der Waals surface area contributed by atoms with Gasteiger partial charge in [-0.2, -0.15) is 4.98 Å². The largest absolute Gasteiger partial charge is 0.368 e. The van der Waals surface area contributed by atoms with Gasteiger partial charge in [0.1, 0.15) is 5.82 Å². The van der Waals surface area contributed by atoms with Crippen molar-refractivity contribution in [3.63, 3.8) is 0 Å². The number of benzene rings is 2. The normalized spacial score (nSPS) is 17.7. The Morgan fingerprint density at radius 3 is 2.23 bits per heavy atom. The average molecular weight is 479 g/mol. The van der Waals surface area contributed by atoms with Crippen molar-refractivity contribution in [2.75, 3.05) is 63.8 Å². The molecule has 0 N–H and O–H groups in total. The first kappa shape index (κ1) is 23.4. The lowest BCUT2D eigenvalue weighted by molar-refractivity contribution is -0.133. The number of piperazine rings is 2. The minimum absolute atomic E-state index is 0.178. The van der Waals surface area contributed by atoms with E-state index in [-0.39, 0.29) is 11.7 Å². The Labute approximate surface area is 204 Å². The molecular weight excluding hydrogens is 447 g/mol. The minimum Gasteiger partial charge on any atom is -0.368 e. The van der Waals surface area contributed by atoms with Crippen LogP contribution in [0.3, 0.4) is 0 Å². The number of anilines is 1. The maximum absolute atomic E-state index is 13.2. The second-order valence-corrected chi connectivity index (χ2v) is 9.27. The number of carbonyl (C=O) groups excluding carboxylic acids is 1. The molecule has 0 radical (unpaired) electrons. The van der Waals surface area contributed by atoms with Crippen molar-refractivity contribution in [3.05, 3.63) is 65.8 Å². The number of nitrogens with zero attached hydrogens (tertiary/aromatic N) is 6. The smallest absolute Gasteiger partial charge is 0.241 e. The Hall–Kier alpha value is -3.30. The Morgan fingerprint density at radius 1 is 0.886 bits per heavy atom. The van der Waals surface area contributed by atoms with E-state index in [1.54, 1.807) is 12.1 Å². The lowest BCUT2D eigenvalue weighted by Gasteiger charge is -2.38. The molecule has 0 bridgehead atoms. The highest BCUT2D eigenvalue weighted by Crippen LogP contribution is 2.19. The van der Waals surface area contributed by atoms with Gasteiger partial charge in [-0.3, -0.25) is 14.6 Å². The van der Waals surface area contributed by atoms with E-state index in [0.29, 0.717) is 37.9 Å². The quantitative estimate of drug-likeness (QED) is 0.540. The summed E-state index contributed by atoms with van der Waals surface area (Å²) in [7, 11) is 0. The summed E-state index contributed by atoms with van der Waals surface area (Å²) in [6, 6.07) is 14.6. The van der Waals surface area contributed by atoms with Crippen LogP contribution in [-0.4, -0.2) is 89.7 Å². The number of aryl methyl sites for hydroxylation is 1. The molecule has 2 aliphatic rings. The SMILES string of the molecule is Cc1ccc(-c2noc(CN3CCN(CC(=O)N4CCN(c5ccc(F)cc5)CC4)CC3)n2)cc1. The van der Waals surface area contributed by atoms with Crippen LogP contribution in [0.25, 0.3) is 11.4 Å². The molecule has 35 heavy (non-hydrogen) atoms. The van der Waals surface area contributed by atoms with Crippen molar-refractivity contribution < 1.29 is 13.7 Å². The molecule has 2 saturated heterocycles. The topological polar surface area (TPSA) is 69.0 Å². The highest BCUT2D eigenvalue weighted by atomic mass is 19.1. The zero-order valence-electron chi connectivity index (χ0n) is 20.1. The lowest BCUT2D eigenvalue weighted by atomic mass is 10.1. The van der Waals surface area contributed by atoms with Crippen LogP contribution in [0, 0.1) is 12.7 Å².